The second kappa shape index (κ2) is 5.99. The molecule has 3 rings (SSSR count). The number of carbonyl (C=O) groups is 1. The van der Waals surface area contributed by atoms with Gasteiger partial charge in [0.05, 0.1) is 16.6 Å². The molecule has 0 saturated carbocycles. The summed E-state index contributed by atoms with van der Waals surface area (Å²) in [6.07, 6.45) is 3.52. The van der Waals surface area contributed by atoms with E-state index in [1.54, 1.807) is 17.3 Å². The number of anilines is 1. The van der Waals surface area contributed by atoms with E-state index in [-0.39, 0.29) is 37.8 Å². The first-order chi connectivity index (χ1) is 10.5. The molecule has 120 valence electrons. The van der Waals surface area contributed by atoms with E-state index in [4.69, 9.17) is 11.6 Å². The average molecular weight is 330 g/mol. The van der Waals surface area contributed by atoms with Crippen LogP contribution in [0.2, 0.25) is 5.02 Å². The first-order valence-electron chi connectivity index (χ1n) is 7.47. The van der Waals surface area contributed by atoms with Gasteiger partial charge in [0.15, 0.2) is 0 Å². The van der Waals surface area contributed by atoms with E-state index in [1.807, 2.05) is 6.07 Å². The van der Waals surface area contributed by atoms with Gasteiger partial charge in [-0.2, -0.15) is 0 Å². The Morgan fingerprint density at radius 3 is 2.73 bits per heavy atom. The van der Waals surface area contributed by atoms with Crippen LogP contribution in [-0.4, -0.2) is 47.9 Å². The number of hydrogen-bond acceptors (Lipinski definition) is 3. The Kier molecular flexibility index (Phi) is 4.21. The first-order valence-corrected chi connectivity index (χ1v) is 7.85. The number of aromatic nitrogens is 1. The van der Waals surface area contributed by atoms with Gasteiger partial charge in [0.25, 0.3) is 5.92 Å². The fraction of sp³-hybridized carbons (Fsp3) is 0.600. The van der Waals surface area contributed by atoms with Crippen molar-refractivity contribution in [3.8, 4) is 0 Å². The molecular weight excluding hydrogens is 312 g/mol. The molecule has 0 spiro atoms. The molecule has 2 aliphatic heterocycles. The summed E-state index contributed by atoms with van der Waals surface area (Å²) in [5, 5.41) is 0.563. The minimum atomic E-state index is -2.62. The number of hydrogen-bond donors (Lipinski definition) is 0. The molecule has 0 bridgehead atoms. The summed E-state index contributed by atoms with van der Waals surface area (Å²) in [4.78, 5) is 20.1. The number of pyridine rings is 1. The van der Waals surface area contributed by atoms with Crippen molar-refractivity contribution in [2.75, 3.05) is 31.1 Å². The summed E-state index contributed by atoms with van der Waals surface area (Å²) in [6, 6.07) is 1.83. The molecule has 3 heterocycles. The van der Waals surface area contributed by atoms with Crippen LogP contribution in [0.1, 0.15) is 19.3 Å². The minimum Gasteiger partial charge on any atom is -0.369 e. The van der Waals surface area contributed by atoms with Crippen LogP contribution in [0.5, 0.6) is 0 Å². The predicted octanol–water partition coefficient (Wildman–Crippen LogP) is 2.82. The van der Waals surface area contributed by atoms with Crippen LogP contribution in [0.4, 0.5) is 14.5 Å². The van der Waals surface area contributed by atoms with Gasteiger partial charge in [0, 0.05) is 51.4 Å². The van der Waals surface area contributed by atoms with Crippen molar-refractivity contribution < 1.29 is 13.6 Å². The van der Waals surface area contributed by atoms with E-state index >= 15 is 0 Å². The zero-order valence-electron chi connectivity index (χ0n) is 12.1. The highest BCUT2D eigenvalue weighted by atomic mass is 35.5. The lowest BCUT2D eigenvalue weighted by atomic mass is 10.0. The highest BCUT2D eigenvalue weighted by Gasteiger charge is 2.38. The normalized spacial score (nSPS) is 24.6. The monoisotopic (exact) mass is 329 g/mol. The average Bonchev–Trinajstić information content (AvgIpc) is 2.96. The Morgan fingerprint density at radius 2 is 2.05 bits per heavy atom. The molecule has 2 aliphatic rings. The topological polar surface area (TPSA) is 36.4 Å². The van der Waals surface area contributed by atoms with Crippen LogP contribution < -0.4 is 4.90 Å². The molecule has 22 heavy (non-hydrogen) atoms. The second-order valence-electron chi connectivity index (χ2n) is 5.94. The highest BCUT2D eigenvalue weighted by Crippen LogP contribution is 2.32. The highest BCUT2D eigenvalue weighted by molar-refractivity contribution is 6.33. The van der Waals surface area contributed by atoms with Crippen molar-refractivity contribution in [3.63, 3.8) is 0 Å². The van der Waals surface area contributed by atoms with Crippen LogP contribution in [0.3, 0.4) is 0 Å². The van der Waals surface area contributed by atoms with Crippen molar-refractivity contribution in [2.24, 2.45) is 5.92 Å². The number of nitrogens with zero attached hydrogens (tertiary/aromatic N) is 3. The summed E-state index contributed by atoms with van der Waals surface area (Å²) in [5.74, 6) is -2.78. The van der Waals surface area contributed by atoms with Gasteiger partial charge in [-0.15, -0.1) is 0 Å². The van der Waals surface area contributed by atoms with Crippen molar-refractivity contribution in [3.05, 3.63) is 23.5 Å². The molecule has 2 saturated heterocycles. The van der Waals surface area contributed by atoms with Crippen LogP contribution in [0, 0.1) is 5.92 Å². The summed E-state index contributed by atoms with van der Waals surface area (Å²) in [5.41, 5.74) is 0.872. The van der Waals surface area contributed by atoms with E-state index in [2.05, 4.69) is 9.88 Å². The van der Waals surface area contributed by atoms with Gasteiger partial charge in [-0.3, -0.25) is 9.78 Å². The Bertz CT molecular complexity index is 559. The number of carbonyl (C=O) groups excluding carboxylic acids is 1. The molecule has 1 aromatic rings. The third kappa shape index (κ3) is 3.16. The van der Waals surface area contributed by atoms with Gasteiger partial charge in [-0.05, 0) is 12.5 Å². The molecular formula is C15H18ClF2N3O. The maximum atomic E-state index is 13.2. The lowest BCUT2D eigenvalue weighted by Gasteiger charge is -2.33. The first kappa shape index (κ1) is 15.5. The molecule has 1 aromatic heterocycles. The van der Waals surface area contributed by atoms with Gasteiger partial charge in [0.2, 0.25) is 5.91 Å². The van der Waals surface area contributed by atoms with Crippen molar-refractivity contribution >= 4 is 23.2 Å². The second-order valence-corrected chi connectivity index (χ2v) is 6.35. The fourth-order valence-corrected chi connectivity index (χ4v) is 3.36. The van der Waals surface area contributed by atoms with Crippen molar-refractivity contribution in [1.29, 1.82) is 0 Å². The molecule has 1 unspecified atom stereocenters. The lowest BCUT2D eigenvalue weighted by molar-refractivity contribution is -0.140. The van der Waals surface area contributed by atoms with E-state index in [9.17, 15) is 13.6 Å². The number of piperidine rings is 1. The van der Waals surface area contributed by atoms with Crippen LogP contribution in [0.25, 0.3) is 0 Å². The summed E-state index contributed by atoms with van der Waals surface area (Å²) in [7, 11) is 0. The van der Waals surface area contributed by atoms with E-state index in [1.165, 1.54) is 0 Å². The van der Waals surface area contributed by atoms with Crippen LogP contribution in [0.15, 0.2) is 18.5 Å². The van der Waals surface area contributed by atoms with Crippen LogP contribution >= 0.6 is 11.6 Å². The third-order valence-electron chi connectivity index (χ3n) is 4.44. The summed E-state index contributed by atoms with van der Waals surface area (Å²) < 4.78 is 26.4. The Labute approximate surface area is 133 Å². The zero-order chi connectivity index (χ0) is 15.7. The van der Waals surface area contributed by atoms with E-state index in [0.29, 0.717) is 11.6 Å². The molecule has 4 nitrogen and oxygen atoms in total. The largest absolute Gasteiger partial charge is 0.369 e. The smallest absolute Gasteiger partial charge is 0.251 e. The summed E-state index contributed by atoms with van der Waals surface area (Å²) in [6.45, 7) is 1.62. The molecule has 1 atom stereocenters. The molecule has 7 heteroatoms. The maximum Gasteiger partial charge on any atom is 0.251 e. The quantitative estimate of drug-likeness (QED) is 0.837. The number of halogens is 3. The standard InChI is InChI=1S/C15H18ClF2N3O/c16-12-9-19-5-1-13(12)21-6-2-11(10-21)14(22)20-7-3-15(17,18)4-8-20/h1,5,9,11H,2-4,6-8,10H2. The molecule has 0 radical (unpaired) electrons. The van der Waals surface area contributed by atoms with Gasteiger partial charge >= 0.3 is 0 Å². The maximum absolute atomic E-state index is 13.2. The van der Waals surface area contributed by atoms with Gasteiger partial charge < -0.3 is 9.80 Å². The SMILES string of the molecule is O=C(C1CCN(c2ccncc2Cl)C1)N1CCC(F)(F)CC1. The predicted molar refractivity (Wildman–Crippen MR) is 80.3 cm³/mol. The number of likely N-dealkylation sites (tertiary alicyclic amines) is 1. The van der Waals surface area contributed by atoms with Crippen molar-refractivity contribution in [1.82, 2.24) is 9.88 Å². The minimum absolute atomic E-state index is 0.0109. The molecule has 0 aliphatic carbocycles. The fourth-order valence-electron chi connectivity index (χ4n) is 3.12. The van der Waals surface area contributed by atoms with Gasteiger partial charge in [0.1, 0.15) is 0 Å². The third-order valence-corrected chi connectivity index (χ3v) is 4.73. The van der Waals surface area contributed by atoms with Gasteiger partial charge in [-0.25, -0.2) is 8.78 Å². The Hall–Kier alpha value is -1.43. The number of amides is 1. The summed E-state index contributed by atoms with van der Waals surface area (Å²) >= 11 is 6.13. The Balaban J connectivity index is 1.61. The van der Waals surface area contributed by atoms with Crippen molar-refractivity contribution in [2.45, 2.75) is 25.2 Å². The van der Waals surface area contributed by atoms with Crippen LogP contribution in [-0.2, 0) is 4.79 Å². The number of rotatable bonds is 2. The molecule has 1 amide bonds. The molecule has 0 N–H and O–H groups in total. The zero-order valence-corrected chi connectivity index (χ0v) is 12.9. The lowest BCUT2D eigenvalue weighted by Crippen LogP contribution is -2.45. The molecule has 2 fully saturated rings. The van der Waals surface area contributed by atoms with E-state index in [0.717, 1.165) is 18.7 Å². The molecule has 0 aromatic carbocycles. The van der Waals surface area contributed by atoms with E-state index < -0.39 is 5.92 Å². The number of alkyl halides is 2. The van der Waals surface area contributed by atoms with Gasteiger partial charge in [-0.1, -0.05) is 11.6 Å². The Morgan fingerprint density at radius 1 is 1.32 bits per heavy atom.